The largest absolute Gasteiger partial charge is 0.462 e. The molecule has 282 valence electrons. The molecular formula is C42H66ClO6P. The Morgan fingerprint density at radius 1 is 0.520 bits per heavy atom. The molecule has 0 fully saturated rings. The first-order chi connectivity index (χ1) is 23.0. The van der Waals surface area contributed by atoms with Gasteiger partial charge in [-0.25, -0.2) is 9.59 Å². The molecule has 2 aromatic rings. The van der Waals surface area contributed by atoms with Crippen molar-refractivity contribution in [1.82, 2.24) is 0 Å². The maximum Gasteiger partial charge on any atom is 0.401 e. The summed E-state index contributed by atoms with van der Waals surface area (Å²) in [7, 11) is -2.03. The number of ether oxygens (including phenoxy) is 2. The fourth-order valence-corrected chi connectivity index (χ4v) is 6.77. The van der Waals surface area contributed by atoms with Crippen LogP contribution in [0.2, 0.25) is 0 Å². The average molecular weight is 733 g/mol. The summed E-state index contributed by atoms with van der Waals surface area (Å²) in [5, 5.41) is 0. The fraction of sp³-hybridized carbons (Fsp3) is 0.667. The van der Waals surface area contributed by atoms with E-state index in [1.54, 1.807) is 0 Å². The summed E-state index contributed by atoms with van der Waals surface area (Å²) < 4.78 is 24.7. The van der Waals surface area contributed by atoms with Crippen molar-refractivity contribution >= 4 is 30.9 Å². The van der Waals surface area contributed by atoms with Gasteiger partial charge in [-0.15, -0.1) is 0 Å². The van der Waals surface area contributed by atoms with Gasteiger partial charge in [-0.05, 0) is 70.0 Å². The molecule has 0 heterocycles. The molecule has 0 spiro atoms. The van der Waals surface area contributed by atoms with E-state index in [9.17, 15) is 9.59 Å². The van der Waals surface area contributed by atoms with Crippen LogP contribution in [0.1, 0.15) is 191 Å². The summed E-state index contributed by atoms with van der Waals surface area (Å²) in [6.45, 7) is 30.2. The van der Waals surface area contributed by atoms with Crippen LogP contribution in [0.3, 0.4) is 0 Å². The van der Waals surface area contributed by atoms with E-state index in [-0.39, 0.29) is 33.6 Å². The van der Waals surface area contributed by atoms with Gasteiger partial charge in [-0.2, -0.15) is 0 Å². The maximum absolute atomic E-state index is 13.3. The van der Waals surface area contributed by atoms with E-state index in [1.807, 2.05) is 24.3 Å². The van der Waals surface area contributed by atoms with Crippen molar-refractivity contribution in [3.63, 3.8) is 0 Å². The lowest BCUT2D eigenvalue weighted by Crippen LogP contribution is -2.22. The zero-order valence-electron chi connectivity index (χ0n) is 33.7. The normalized spacial score (nSPS) is 12.6. The highest BCUT2D eigenvalue weighted by Gasteiger charge is 2.34. The lowest BCUT2D eigenvalue weighted by Gasteiger charge is -2.33. The Hall–Kier alpha value is -2.30. The predicted octanol–water partition coefficient (Wildman–Crippen LogP) is 13.3. The number of hydrogen-bond acceptors (Lipinski definition) is 6. The van der Waals surface area contributed by atoms with Crippen LogP contribution in [0.5, 0.6) is 11.5 Å². The smallest absolute Gasteiger partial charge is 0.401 e. The van der Waals surface area contributed by atoms with Gasteiger partial charge in [-0.1, -0.05) is 135 Å². The second-order valence-electron chi connectivity index (χ2n) is 17.6. The van der Waals surface area contributed by atoms with E-state index in [4.69, 9.17) is 29.8 Å². The minimum atomic E-state index is -2.03. The highest BCUT2D eigenvalue weighted by atomic mass is 35.7. The standard InChI is InChI=1S/C42H66ClO6P/c1-15-17-19-21-23-46-37(44)29-25-31(39(3,4)5)35(32(26-29)40(6,7)8)48-50(43)49-36-33(41(9,10)11)27-30(28-34(36)42(12,13)14)38(45)47-24-22-20-18-16-2/h25-28H,15-24H2,1-14H3. The van der Waals surface area contributed by atoms with E-state index in [1.165, 1.54) is 0 Å². The molecule has 0 aliphatic rings. The molecule has 0 aliphatic heterocycles. The summed E-state index contributed by atoms with van der Waals surface area (Å²) in [6.07, 6.45) is 8.27. The number of carbonyl (C=O) groups is 2. The van der Waals surface area contributed by atoms with Crippen molar-refractivity contribution < 1.29 is 28.1 Å². The van der Waals surface area contributed by atoms with Crippen LogP contribution >= 0.6 is 19.0 Å². The molecule has 0 amide bonds. The van der Waals surface area contributed by atoms with Crippen LogP contribution in [-0.4, -0.2) is 25.2 Å². The number of halogens is 1. The second kappa shape index (κ2) is 18.5. The van der Waals surface area contributed by atoms with E-state index < -0.39 is 7.73 Å². The minimum absolute atomic E-state index is 0.336. The van der Waals surface area contributed by atoms with E-state index >= 15 is 0 Å². The van der Waals surface area contributed by atoms with Crippen molar-refractivity contribution in [1.29, 1.82) is 0 Å². The number of unbranched alkanes of at least 4 members (excludes halogenated alkanes) is 6. The van der Waals surface area contributed by atoms with E-state index in [0.29, 0.717) is 35.8 Å². The molecule has 2 rings (SSSR count). The molecule has 0 saturated heterocycles. The Morgan fingerprint density at radius 3 is 1.04 bits per heavy atom. The summed E-state index contributed by atoms with van der Waals surface area (Å²) >= 11 is 7.10. The monoisotopic (exact) mass is 732 g/mol. The van der Waals surface area contributed by atoms with Gasteiger partial charge in [0.15, 0.2) is 0 Å². The molecule has 0 unspecified atom stereocenters. The van der Waals surface area contributed by atoms with Crippen molar-refractivity contribution in [2.45, 2.75) is 170 Å². The third-order valence-corrected chi connectivity index (χ3v) is 9.74. The van der Waals surface area contributed by atoms with Crippen LogP contribution < -0.4 is 9.05 Å². The highest BCUT2D eigenvalue weighted by Crippen LogP contribution is 2.54. The molecule has 0 saturated carbocycles. The zero-order chi connectivity index (χ0) is 38.1. The molecule has 8 heteroatoms. The first kappa shape index (κ1) is 43.9. The van der Waals surface area contributed by atoms with Gasteiger partial charge < -0.3 is 18.5 Å². The number of esters is 2. The summed E-state index contributed by atoms with van der Waals surface area (Å²) in [5.74, 6) is 0.558. The van der Waals surface area contributed by atoms with Crippen LogP contribution in [-0.2, 0) is 31.1 Å². The molecule has 0 atom stereocenters. The summed E-state index contributed by atoms with van der Waals surface area (Å²) in [5.41, 5.74) is 2.87. The Kier molecular flexibility index (Phi) is 16.2. The van der Waals surface area contributed by atoms with Crippen molar-refractivity contribution in [2.75, 3.05) is 13.2 Å². The minimum Gasteiger partial charge on any atom is -0.462 e. The number of hydrogen-bond donors (Lipinski definition) is 0. The van der Waals surface area contributed by atoms with Gasteiger partial charge in [0.05, 0.1) is 24.3 Å². The first-order valence-corrected chi connectivity index (χ1v) is 20.6. The van der Waals surface area contributed by atoms with Gasteiger partial charge in [-0.3, -0.25) is 0 Å². The lowest BCUT2D eigenvalue weighted by atomic mass is 9.78. The molecule has 0 aliphatic carbocycles. The lowest BCUT2D eigenvalue weighted by molar-refractivity contribution is 0.0488. The van der Waals surface area contributed by atoms with E-state index in [2.05, 4.69) is 96.9 Å². The van der Waals surface area contributed by atoms with Gasteiger partial charge in [0.1, 0.15) is 11.5 Å². The SMILES string of the molecule is CCCCCCOC(=O)c1cc(C(C)(C)C)c(OP(Cl)Oc2c(C(C)(C)C)cc(C(=O)OCCCCCC)cc2C(C)(C)C)c(C(C)(C)C)c1. The van der Waals surface area contributed by atoms with Crippen LogP contribution in [0, 0.1) is 0 Å². The van der Waals surface area contributed by atoms with Gasteiger partial charge in [0.25, 0.3) is 0 Å². The topological polar surface area (TPSA) is 71.1 Å². The van der Waals surface area contributed by atoms with Crippen LogP contribution in [0.25, 0.3) is 0 Å². The third kappa shape index (κ3) is 13.0. The van der Waals surface area contributed by atoms with Crippen molar-refractivity contribution in [3.8, 4) is 11.5 Å². The number of carbonyl (C=O) groups excluding carboxylic acids is 2. The summed E-state index contributed by atoms with van der Waals surface area (Å²) in [6, 6.07) is 7.51. The maximum atomic E-state index is 13.3. The molecule has 6 nitrogen and oxygen atoms in total. The Labute approximate surface area is 310 Å². The van der Waals surface area contributed by atoms with E-state index in [0.717, 1.165) is 73.6 Å². The van der Waals surface area contributed by atoms with Crippen LogP contribution in [0.15, 0.2) is 24.3 Å². The average Bonchev–Trinajstić information content (AvgIpc) is 2.98. The van der Waals surface area contributed by atoms with Gasteiger partial charge >= 0.3 is 19.7 Å². The highest BCUT2D eigenvalue weighted by molar-refractivity contribution is 7.76. The number of benzene rings is 2. The Balaban J connectivity index is 2.60. The first-order valence-electron chi connectivity index (χ1n) is 18.6. The van der Waals surface area contributed by atoms with Crippen molar-refractivity contribution in [2.24, 2.45) is 0 Å². The molecule has 0 bridgehead atoms. The fourth-order valence-electron chi connectivity index (χ4n) is 5.63. The summed E-state index contributed by atoms with van der Waals surface area (Å²) in [4.78, 5) is 26.6. The zero-order valence-corrected chi connectivity index (χ0v) is 35.3. The van der Waals surface area contributed by atoms with Crippen molar-refractivity contribution in [3.05, 3.63) is 57.6 Å². The van der Waals surface area contributed by atoms with Crippen LogP contribution in [0.4, 0.5) is 0 Å². The molecule has 2 aromatic carbocycles. The molecule has 50 heavy (non-hydrogen) atoms. The predicted molar refractivity (Wildman–Crippen MR) is 211 cm³/mol. The Morgan fingerprint density at radius 2 is 0.800 bits per heavy atom. The quantitative estimate of drug-likeness (QED) is 0.0972. The van der Waals surface area contributed by atoms with Gasteiger partial charge in [0, 0.05) is 22.3 Å². The molecule has 0 aromatic heterocycles. The molecular weight excluding hydrogens is 667 g/mol. The molecule has 0 radical (unpaired) electrons. The third-order valence-electron chi connectivity index (χ3n) is 8.67. The van der Waals surface area contributed by atoms with Gasteiger partial charge in [0.2, 0.25) is 0 Å². The molecule has 0 N–H and O–H groups in total. The Bertz CT molecular complexity index is 1240. The number of rotatable bonds is 16. The second-order valence-corrected chi connectivity index (χ2v) is 19.2.